The molecule has 162 valence electrons. The fraction of sp³-hybridized carbons (Fsp3) is 0.636. The second kappa shape index (κ2) is 11.2. The molecule has 6 nitrogen and oxygen atoms in total. The van der Waals surface area contributed by atoms with Crippen molar-refractivity contribution in [1.82, 2.24) is 15.5 Å². The van der Waals surface area contributed by atoms with Crippen molar-refractivity contribution in [2.75, 3.05) is 31.6 Å². The third-order valence-electron chi connectivity index (χ3n) is 5.95. The van der Waals surface area contributed by atoms with Crippen molar-refractivity contribution in [3.8, 4) is 0 Å². The Balaban J connectivity index is 0.00000300. The third-order valence-corrected chi connectivity index (χ3v) is 5.95. The molecule has 2 fully saturated rings. The number of likely N-dealkylation sites (tertiary alicyclic amines) is 1. The second-order valence-corrected chi connectivity index (χ2v) is 8.37. The van der Waals surface area contributed by atoms with Gasteiger partial charge in [-0.05, 0) is 50.3 Å². The zero-order chi connectivity index (χ0) is 20.1. The number of hydrogen-bond donors (Lipinski definition) is 2. The number of anilines is 1. The average Bonchev–Trinajstić information content (AvgIpc) is 3.07. The molecule has 0 spiro atoms. The van der Waals surface area contributed by atoms with Gasteiger partial charge in [-0.1, -0.05) is 19.1 Å². The lowest BCUT2D eigenvalue weighted by molar-refractivity contribution is -0.119. The molecule has 2 aliphatic heterocycles. The lowest BCUT2D eigenvalue weighted by Gasteiger charge is -2.27. The Hall–Kier alpha value is -1.35. The molecule has 2 aliphatic rings. The van der Waals surface area contributed by atoms with Gasteiger partial charge in [0.15, 0.2) is 5.96 Å². The van der Waals surface area contributed by atoms with Crippen molar-refractivity contribution in [1.29, 1.82) is 0 Å². The summed E-state index contributed by atoms with van der Waals surface area (Å²) in [5.41, 5.74) is 2.18. The van der Waals surface area contributed by atoms with Crippen molar-refractivity contribution in [3.05, 3.63) is 29.8 Å². The zero-order valence-corrected chi connectivity index (χ0v) is 20.5. The molecular weight excluding hydrogens is 477 g/mol. The number of halogens is 1. The van der Waals surface area contributed by atoms with Crippen LogP contribution in [0, 0.1) is 5.92 Å². The van der Waals surface area contributed by atoms with Gasteiger partial charge in [-0.2, -0.15) is 0 Å². The highest BCUT2D eigenvalue weighted by Crippen LogP contribution is 2.21. The van der Waals surface area contributed by atoms with E-state index in [0.717, 1.165) is 44.1 Å². The second-order valence-electron chi connectivity index (χ2n) is 8.37. The summed E-state index contributed by atoms with van der Waals surface area (Å²) in [4.78, 5) is 20.9. The molecule has 2 N–H and O–H groups in total. The summed E-state index contributed by atoms with van der Waals surface area (Å²) in [6.07, 6.45) is 2.77. The highest BCUT2D eigenvalue weighted by Gasteiger charge is 2.31. The number of piperidine rings is 1. The van der Waals surface area contributed by atoms with E-state index in [9.17, 15) is 4.79 Å². The third kappa shape index (κ3) is 6.31. The van der Waals surface area contributed by atoms with E-state index in [1.54, 1.807) is 0 Å². The quantitative estimate of drug-likeness (QED) is 0.361. The Kier molecular flexibility index (Phi) is 9.20. The number of nitrogens with zero attached hydrogens (tertiary/aromatic N) is 3. The first-order chi connectivity index (χ1) is 13.5. The van der Waals surface area contributed by atoms with Gasteiger partial charge in [-0.25, -0.2) is 0 Å². The molecule has 29 heavy (non-hydrogen) atoms. The van der Waals surface area contributed by atoms with Gasteiger partial charge in [0, 0.05) is 57.4 Å². The molecule has 7 heteroatoms. The molecule has 1 aromatic rings. The fourth-order valence-corrected chi connectivity index (χ4v) is 4.04. The molecule has 0 aliphatic carbocycles. The van der Waals surface area contributed by atoms with E-state index in [0.29, 0.717) is 31.0 Å². The zero-order valence-electron chi connectivity index (χ0n) is 18.1. The maximum Gasteiger partial charge on any atom is 0.226 e. The summed E-state index contributed by atoms with van der Waals surface area (Å²) in [6.45, 7) is 10.5. The number of carbonyl (C=O) groups excluding carboxylic acids is 1. The summed E-state index contributed by atoms with van der Waals surface area (Å²) in [7, 11) is 1.82. The van der Waals surface area contributed by atoms with Crippen LogP contribution in [0.3, 0.4) is 0 Å². The van der Waals surface area contributed by atoms with E-state index in [-0.39, 0.29) is 29.9 Å². The Morgan fingerprint density at radius 2 is 1.93 bits per heavy atom. The van der Waals surface area contributed by atoms with Crippen LogP contribution in [0.1, 0.15) is 45.6 Å². The maximum atomic E-state index is 12.1. The molecule has 1 amide bonds. The lowest BCUT2D eigenvalue weighted by atomic mass is 10.1. The highest BCUT2D eigenvalue weighted by atomic mass is 127. The van der Waals surface area contributed by atoms with Gasteiger partial charge >= 0.3 is 0 Å². The van der Waals surface area contributed by atoms with E-state index >= 15 is 0 Å². The van der Waals surface area contributed by atoms with Crippen LogP contribution < -0.4 is 15.5 Å². The molecular formula is C22H36IN5O. The van der Waals surface area contributed by atoms with Crippen molar-refractivity contribution >= 4 is 41.5 Å². The van der Waals surface area contributed by atoms with Crippen LogP contribution in [0.25, 0.3) is 0 Å². The molecule has 2 atom stereocenters. The van der Waals surface area contributed by atoms with Crippen LogP contribution in [-0.2, 0) is 11.3 Å². The smallest absolute Gasteiger partial charge is 0.226 e. The highest BCUT2D eigenvalue weighted by molar-refractivity contribution is 14.0. The first-order valence-corrected chi connectivity index (χ1v) is 10.6. The minimum Gasteiger partial charge on any atom is -0.352 e. The molecule has 0 radical (unpaired) electrons. The molecule has 0 saturated carbocycles. The molecule has 0 bridgehead atoms. The summed E-state index contributed by atoms with van der Waals surface area (Å²) >= 11 is 0. The molecule has 2 unspecified atom stereocenters. The maximum absolute atomic E-state index is 12.1. The van der Waals surface area contributed by atoms with Gasteiger partial charge in [-0.15, -0.1) is 24.0 Å². The summed E-state index contributed by atoms with van der Waals surface area (Å²) in [5.74, 6) is 1.68. The van der Waals surface area contributed by atoms with E-state index in [1.807, 2.05) is 11.9 Å². The first-order valence-electron chi connectivity index (χ1n) is 10.6. The molecule has 2 heterocycles. The number of hydrogen-bond acceptors (Lipinski definition) is 3. The van der Waals surface area contributed by atoms with Gasteiger partial charge in [0.1, 0.15) is 0 Å². The first kappa shape index (κ1) is 23.9. The minimum atomic E-state index is 0. The number of rotatable bonds is 5. The van der Waals surface area contributed by atoms with Crippen molar-refractivity contribution in [2.24, 2.45) is 10.9 Å². The predicted octanol–water partition coefficient (Wildman–Crippen LogP) is 3.22. The van der Waals surface area contributed by atoms with Crippen LogP contribution in [0.4, 0.5) is 5.69 Å². The van der Waals surface area contributed by atoms with E-state index in [1.165, 1.54) is 5.56 Å². The lowest BCUT2D eigenvalue weighted by Crippen LogP contribution is -2.46. The fourth-order valence-electron chi connectivity index (χ4n) is 4.04. The predicted molar refractivity (Wildman–Crippen MR) is 131 cm³/mol. The summed E-state index contributed by atoms with van der Waals surface area (Å²) < 4.78 is 0. The van der Waals surface area contributed by atoms with Crippen molar-refractivity contribution in [3.63, 3.8) is 0 Å². The Morgan fingerprint density at radius 3 is 2.52 bits per heavy atom. The molecule has 2 saturated heterocycles. The Labute approximate surface area is 192 Å². The minimum absolute atomic E-state index is 0. The van der Waals surface area contributed by atoms with Crippen LogP contribution in [0.5, 0.6) is 0 Å². The monoisotopic (exact) mass is 513 g/mol. The van der Waals surface area contributed by atoms with E-state index in [4.69, 9.17) is 0 Å². The van der Waals surface area contributed by atoms with Gasteiger partial charge < -0.3 is 15.5 Å². The summed E-state index contributed by atoms with van der Waals surface area (Å²) in [5, 5.41) is 7.01. The van der Waals surface area contributed by atoms with Gasteiger partial charge in [0.25, 0.3) is 0 Å². The number of aliphatic imine (C=N–C) groups is 1. The molecule has 3 rings (SSSR count). The SMILES string of the molecule is CN=C(NCc1ccc(N2CCCCC2=O)cc1)NC1CN(C(C)C)CC1C.I. The Morgan fingerprint density at radius 1 is 1.21 bits per heavy atom. The topological polar surface area (TPSA) is 60.0 Å². The number of guanidine groups is 1. The Bertz CT molecular complexity index is 691. The van der Waals surface area contributed by atoms with Crippen molar-refractivity contribution in [2.45, 2.75) is 58.7 Å². The average molecular weight is 513 g/mol. The van der Waals surface area contributed by atoms with Gasteiger partial charge in [0.2, 0.25) is 5.91 Å². The standard InChI is InChI=1S/C22H35N5O.HI/c1-16(2)26-14-17(3)20(15-26)25-22(23-4)24-13-18-8-10-19(11-9-18)27-12-6-5-7-21(27)28;/h8-11,16-17,20H,5-7,12-15H2,1-4H3,(H2,23,24,25);1H. The van der Waals surface area contributed by atoms with Crippen LogP contribution in [0.2, 0.25) is 0 Å². The van der Waals surface area contributed by atoms with E-state index in [2.05, 4.69) is 65.6 Å². The number of amides is 1. The van der Waals surface area contributed by atoms with Crippen molar-refractivity contribution < 1.29 is 4.79 Å². The van der Waals surface area contributed by atoms with Gasteiger partial charge in [-0.3, -0.25) is 14.7 Å². The van der Waals surface area contributed by atoms with Crippen LogP contribution >= 0.6 is 24.0 Å². The molecule has 1 aromatic carbocycles. The van der Waals surface area contributed by atoms with E-state index < -0.39 is 0 Å². The molecule has 0 aromatic heterocycles. The van der Waals surface area contributed by atoms with Crippen LogP contribution in [0.15, 0.2) is 29.3 Å². The normalized spacial score (nSPS) is 23.3. The van der Waals surface area contributed by atoms with Gasteiger partial charge in [0.05, 0.1) is 0 Å². The summed E-state index contributed by atoms with van der Waals surface area (Å²) in [6, 6.07) is 9.29. The van der Waals surface area contributed by atoms with Crippen LogP contribution in [-0.4, -0.2) is 55.5 Å². The number of nitrogens with one attached hydrogen (secondary N) is 2. The number of benzene rings is 1. The number of carbonyl (C=O) groups is 1. The largest absolute Gasteiger partial charge is 0.352 e.